The molecular weight excluding hydrogens is 278 g/mol. The summed E-state index contributed by atoms with van der Waals surface area (Å²) >= 11 is 0. The molecule has 0 spiro atoms. The van der Waals surface area contributed by atoms with Gasteiger partial charge in [0, 0.05) is 17.3 Å². The van der Waals surface area contributed by atoms with Crippen LogP contribution in [0.25, 0.3) is 0 Å². The summed E-state index contributed by atoms with van der Waals surface area (Å²) in [6.07, 6.45) is 1.66. The maximum absolute atomic E-state index is 10.1. The zero-order valence-corrected chi connectivity index (χ0v) is 13.3. The summed E-state index contributed by atoms with van der Waals surface area (Å²) in [5.74, 6) is 1.34. The SMILES string of the molecule is COc1ccc(C)cc1[C@H](C)N=Cc1cccc(OC)c1O. The monoisotopic (exact) mass is 299 g/mol. The summed E-state index contributed by atoms with van der Waals surface area (Å²) in [5.41, 5.74) is 2.79. The Morgan fingerprint density at radius 1 is 1.09 bits per heavy atom. The van der Waals surface area contributed by atoms with E-state index < -0.39 is 0 Å². The zero-order valence-electron chi connectivity index (χ0n) is 13.3. The molecule has 0 saturated carbocycles. The van der Waals surface area contributed by atoms with Gasteiger partial charge in [-0.15, -0.1) is 0 Å². The van der Waals surface area contributed by atoms with E-state index in [0.717, 1.165) is 16.9 Å². The van der Waals surface area contributed by atoms with Crippen LogP contribution < -0.4 is 9.47 Å². The molecule has 116 valence electrons. The van der Waals surface area contributed by atoms with Crippen molar-refractivity contribution in [2.45, 2.75) is 19.9 Å². The molecule has 0 aliphatic heterocycles. The van der Waals surface area contributed by atoms with Gasteiger partial charge in [0.1, 0.15) is 5.75 Å². The third-order valence-corrected chi connectivity index (χ3v) is 3.52. The Kier molecular flexibility index (Phi) is 5.04. The van der Waals surface area contributed by atoms with Gasteiger partial charge in [0.25, 0.3) is 0 Å². The van der Waals surface area contributed by atoms with Crippen LogP contribution in [0.1, 0.15) is 29.7 Å². The maximum atomic E-state index is 10.1. The van der Waals surface area contributed by atoms with E-state index in [1.54, 1.807) is 25.5 Å². The summed E-state index contributed by atoms with van der Waals surface area (Å²) < 4.78 is 10.5. The number of aromatic hydroxyl groups is 1. The highest BCUT2D eigenvalue weighted by atomic mass is 16.5. The number of para-hydroxylation sites is 1. The number of nitrogens with zero attached hydrogens (tertiary/aromatic N) is 1. The highest BCUT2D eigenvalue weighted by Gasteiger charge is 2.11. The Morgan fingerprint density at radius 3 is 2.50 bits per heavy atom. The molecular formula is C18H21NO3. The molecule has 0 amide bonds. The topological polar surface area (TPSA) is 51.0 Å². The number of hydrogen-bond donors (Lipinski definition) is 1. The molecule has 0 saturated heterocycles. The third-order valence-electron chi connectivity index (χ3n) is 3.52. The Hall–Kier alpha value is -2.49. The van der Waals surface area contributed by atoms with E-state index in [0.29, 0.717) is 11.3 Å². The molecule has 4 nitrogen and oxygen atoms in total. The van der Waals surface area contributed by atoms with Gasteiger partial charge in [-0.3, -0.25) is 4.99 Å². The van der Waals surface area contributed by atoms with Crippen LogP contribution in [-0.2, 0) is 0 Å². The van der Waals surface area contributed by atoms with Crippen LogP contribution in [0.4, 0.5) is 0 Å². The van der Waals surface area contributed by atoms with Crippen molar-refractivity contribution in [2.24, 2.45) is 4.99 Å². The molecule has 4 heteroatoms. The first kappa shape index (κ1) is 15.9. The quantitative estimate of drug-likeness (QED) is 0.852. The second kappa shape index (κ2) is 6.98. The number of aryl methyl sites for hydroxylation is 1. The van der Waals surface area contributed by atoms with Crippen LogP contribution in [0, 0.1) is 6.92 Å². The van der Waals surface area contributed by atoms with Crippen molar-refractivity contribution in [3.63, 3.8) is 0 Å². The highest BCUT2D eigenvalue weighted by molar-refractivity contribution is 5.85. The Morgan fingerprint density at radius 2 is 1.82 bits per heavy atom. The molecule has 0 bridgehead atoms. The predicted octanol–water partition coefficient (Wildman–Crippen LogP) is 3.90. The lowest BCUT2D eigenvalue weighted by Gasteiger charge is -2.13. The highest BCUT2D eigenvalue weighted by Crippen LogP contribution is 2.30. The van der Waals surface area contributed by atoms with Crippen LogP contribution in [0.15, 0.2) is 41.4 Å². The molecule has 22 heavy (non-hydrogen) atoms. The predicted molar refractivity (Wildman–Crippen MR) is 88.4 cm³/mol. The fourth-order valence-corrected chi connectivity index (χ4v) is 2.26. The van der Waals surface area contributed by atoms with Gasteiger partial charge < -0.3 is 14.6 Å². The first-order valence-corrected chi connectivity index (χ1v) is 7.10. The van der Waals surface area contributed by atoms with Crippen LogP contribution in [-0.4, -0.2) is 25.5 Å². The minimum atomic E-state index is -0.0829. The molecule has 0 unspecified atom stereocenters. The third kappa shape index (κ3) is 3.39. The second-order valence-corrected chi connectivity index (χ2v) is 5.10. The van der Waals surface area contributed by atoms with Crippen LogP contribution >= 0.6 is 0 Å². The van der Waals surface area contributed by atoms with E-state index in [2.05, 4.69) is 11.1 Å². The number of methoxy groups -OCH3 is 2. The average molecular weight is 299 g/mol. The van der Waals surface area contributed by atoms with Crippen LogP contribution in [0.5, 0.6) is 17.2 Å². The first-order chi connectivity index (χ1) is 10.6. The number of rotatable bonds is 5. The summed E-state index contributed by atoms with van der Waals surface area (Å²) in [4.78, 5) is 4.53. The van der Waals surface area contributed by atoms with Gasteiger partial charge in [-0.1, -0.05) is 23.8 Å². The molecule has 1 atom stereocenters. The summed E-state index contributed by atoms with van der Waals surface area (Å²) in [7, 11) is 3.18. The largest absolute Gasteiger partial charge is 0.504 e. The van der Waals surface area contributed by atoms with Crippen molar-refractivity contribution in [1.82, 2.24) is 0 Å². The molecule has 0 aliphatic carbocycles. The van der Waals surface area contributed by atoms with Gasteiger partial charge in [0.2, 0.25) is 0 Å². The fraction of sp³-hybridized carbons (Fsp3) is 0.278. The van der Waals surface area contributed by atoms with Gasteiger partial charge in [-0.05, 0) is 32.0 Å². The van der Waals surface area contributed by atoms with E-state index >= 15 is 0 Å². The van der Waals surface area contributed by atoms with Crippen molar-refractivity contribution in [1.29, 1.82) is 0 Å². The van der Waals surface area contributed by atoms with Gasteiger partial charge >= 0.3 is 0 Å². The van der Waals surface area contributed by atoms with Gasteiger partial charge in [0.15, 0.2) is 11.5 Å². The summed E-state index contributed by atoms with van der Waals surface area (Å²) in [6.45, 7) is 4.03. The van der Waals surface area contributed by atoms with E-state index in [4.69, 9.17) is 9.47 Å². The molecule has 1 N–H and O–H groups in total. The van der Waals surface area contributed by atoms with Crippen molar-refractivity contribution >= 4 is 6.21 Å². The summed E-state index contributed by atoms with van der Waals surface area (Å²) in [5, 5.41) is 10.1. The molecule has 0 fully saturated rings. The van der Waals surface area contributed by atoms with E-state index in [9.17, 15) is 5.11 Å². The Labute approximate surface area is 131 Å². The molecule has 2 aromatic rings. The number of phenols is 1. The number of aliphatic imine (C=N–C) groups is 1. The second-order valence-electron chi connectivity index (χ2n) is 5.10. The van der Waals surface area contributed by atoms with Crippen LogP contribution in [0.3, 0.4) is 0 Å². The van der Waals surface area contributed by atoms with E-state index in [1.807, 2.05) is 32.0 Å². The lowest BCUT2D eigenvalue weighted by atomic mass is 10.0. The van der Waals surface area contributed by atoms with Crippen molar-refractivity contribution in [3.05, 3.63) is 53.1 Å². The normalized spacial score (nSPS) is 12.4. The van der Waals surface area contributed by atoms with Crippen molar-refractivity contribution < 1.29 is 14.6 Å². The Bertz CT molecular complexity index is 680. The Balaban J connectivity index is 2.29. The molecule has 0 aliphatic rings. The van der Waals surface area contributed by atoms with E-state index in [-0.39, 0.29) is 11.8 Å². The first-order valence-electron chi connectivity index (χ1n) is 7.10. The van der Waals surface area contributed by atoms with Gasteiger partial charge in [0.05, 0.1) is 20.3 Å². The maximum Gasteiger partial charge on any atom is 0.166 e. The lowest BCUT2D eigenvalue weighted by molar-refractivity contribution is 0.373. The average Bonchev–Trinajstić information content (AvgIpc) is 2.53. The minimum Gasteiger partial charge on any atom is -0.504 e. The number of benzene rings is 2. The summed E-state index contributed by atoms with van der Waals surface area (Å²) in [6, 6.07) is 11.2. The zero-order chi connectivity index (χ0) is 16.1. The number of hydrogen-bond acceptors (Lipinski definition) is 4. The molecule has 2 aromatic carbocycles. The molecule has 2 rings (SSSR count). The van der Waals surface area contributed by atoms with E-state index in [1.165, 1.54) is 7.11 Å². The lowest BCUT2D eigenvalue weighted by Crippen LogP contribution is -1.97. The fourth-order valence-electron chi connectivity index (χ4n) is 2.26. The van der Waals surface area contributed by atoms with Gasteiger partial charge in [-0.2, -0.15) is 0 Å². The standard InChI is InChI=1S/C18H21NO3/c1-12-8-9-16(21-3)15(10-12)13(2)19-11-14-6-5-7-17(22-4)18(14)20/h5-11,13,20H,1-4H3/t13-/m0/s1. The molecule has 0 radical (unpaired) electrons. The molecule has 0 heterocycles. The van der Waals surface area contributed by atoms with Gasteiger partial charge in [-0.25, -0.2) is 0 Å². The van der Waals surface area contributed by atoms with Crippen LogP contribution in [0.2, 0.25) is 0 Å². The van der Waals surface area contributed by atoms with Crippen molar-refractivity contribution in [3.8, 4) is 17.2 Å². The minimum absolute atomic E-state index is 0.0829. The number of ether oxygens (including phenoxy) is 2. The van der Waals surface area contributed by atoms with Crippen molar-refractivity contribution in [2.75, 3.05) is 14.2 Å². The molecule has 0 aromatic heterocycles. The number of phenolic OH excluding ortho intramolecular Hbond substituents is 1. The smallest absolute Gasteiger partial charge is 0.166 e.